The Balaban J connectivity index is 2.46. The summed E-state index contributed by atoms with van der Waals surface area (Å²) in [5.74, 6) is 0. The summed E-state index contributed by atoms with van der Waals surface area (Å²) in [5, 5.41) is 2.89. The fraction of sp³-hybridized carbons (Fsp3) is 0.200. The van der Waals surface area contributed by atoms with Crippen LogP contribution in [0.3, 0.4) is 0 Å². The van der Waals surface area contributed by atoms with Gasteiger partial charge in [-0.3, -0.25) is 0 Å². The van der Waals surface area contributed by atoms with Crippen molar-refractivity contribution in [3.05, 3.63) is 24.4 Å². The van der Waals surface area contributed by atoms with Crippen LogP contribution in [-0.2, 0) is 0 Å². The Morgan fingerprint density at radius 2 is 2.67 bits per heavy atom. The van der Waals surface area contributed by atoms with Gasteiger partial charge in [-0.1, -0.05) is 12.2 Å². The predicted octanol–water partition coefficient (Wildman–Crippen LogP) is 0.463. The van der Waals surface area contributed by atoms with E-state index in [9.17, 15) is 0 Å². The van der Waals surface area contributed by atoms with Gasteiger partial charge in [0.05, 0.1) is 6.20 Å². The molecule has 31 valence electrons. The van der Waals surface area contributed by atoms with Crippen LogP contribution in [0, 0.1) is 6.20 Å². The van der Waals surface area contributed by atoms with Crippen LogP contribution in [0.25, 0.3) is 0 Å². The number of hydrogen-bond donors (Lipinski definition) is 1. The molecule has 1 heteroatoms. The molecule has 1 N–H and O–H groups in total. The van der Waals surface area contributed by atoms with E-state index < -0.39 is 0 Å². The Kier molecular flexibility index (Phi) is 0.955. The Bertz CT molecular complexity index is 69.9. The third-order valence-corrected chi connectivity index (χ3v) is 0.638. The highest BCUT2D eigenvalue weighted by Crippen LogP contribution is 1.77. The molecule has 0 unspecified atom stereocenters. The number of hydrogen-bond acceptors (Lipinski definition) is 1. The number of nitrogens with one attached hydrogen (secondary N) is 1. The third-order valence-electron chi connectivity index (χ3n) is 0.638. The van der Waals surface area contributed by atoms with Crippen molar-refractivity contribution >= 4 is 0 Å². The van der Waals surface area contributed by atoms with E-state index in [4.69, 9.17) is 0 Å². The monoisotopic (exact) mass is 80.1 g/mol. The highest BCUT2D eigenvalue weighted by molar-refractivity contribution is 5.03. The average Bonchev–Trinajstić information content (AvgIpc) is 1.72. The van der Waals surface area contributed by atoms with Gasteiger partial charge in [0.1, 0.15) is 0 Å². The minimum absolute atomic E-state index is 0.927. The van der Waals surface area contributed by atoms with Gasteiger partial charge in [0.2, 0.25) is 0 Å². The van der Waals surface area contributed by atoms with Crippen molar-refractivity contribution < 1.29 is 0 Å². The van der Waals surface area contributed by atoms with E-state index in [1.54, 1.807) is 0 Å². The first-order chi connectivity index (χ1) is 3.00. The Morgan fingerprint density at radius 1 is 1.67 bits per heavy atom. The minimum atomic E-state index is 0.927. The van der Waals surface area contributed by atoms with Gasteiger partial charge in [-0.05, 0) is 6.08 Å². The summed E-state index contributed by atoms with van der Waals surface area (Å²) < 4.78 is 0. The van der Waals surface area contributed by atoms with E-state index in [1.807, 2.05) is 18.2 Å². The highest BCUT2D eigenvalue weighted by atomic mass is 14.8. The number of allylic oxidation sites excluding steroid dienone is 2. The fourth-order valence-electron chi connectivity index (χ4n) is 0.361. The first-order valence-electron chi connectivity index (χ1n) is 1.97. The Hall–Kier alpha value is -0.720. The Morgan fingerprint density at radius 3 is 2.83 bits per heavy atom. The summed E-state index contributed by atoms with van der Waals surface area (Å²) >= 11 is 0. The van der Waals surface area contributed by atoms with Gasteiger partial charge < -0.3 is 5.32 Å². The van der Waals surface area contributed by atoms with Crippen molar-refractivity contribution in [1.29, 1.82) is 0 Å². The van der Waals surface area contributed by atoms with Crippen LogP contribution < -0.4 is 5.32 Å². The van der Waals surface area contributed by atoms with Crippen molar-refractivity contribution in [3.63, 3.8) is 0 Å². The van der Waals surface area contributed by atoms with Crippen LogP contribution in [0.5, 0.6) is 0 Å². The summed E-state index contributed by atoms with van der Waals surface area (Å²) in [5.41, 5.74) is 0. The predicted molar refractivity (Wildman–Crippen MR) is 25.0 cm³/mol. The summed E-state index contributed by atoms with van der Waals surface area (Å²) in [6, 6.07) is 0. The van der Waals surface area contributed by atoms with Gasteiger partial charge >= 0.3 is 0 Å². The minimum Gasteiger partial charge on any atom is -0.380 e. The van der Waals surface area contributed by atoms with Crippen LogP contribution >= 0.6 is 0 Å². The van der Waals surface area contributed by atoms with Gasteiger partial charge in [0, 0.05) is 6.54 Å². The molecule has 1 aliphatic heterocycles. The normalized spacial score (nSPS) is 17.3. The summed E-state index contributed by atoms with van der Waals surface area (Å²) in [7, 11) is 0. The molecule has 1 radical (unpaired) electrons. The molecule has 1 aliphatic rings. The molecule has 0 saturated heterocycles. The summed E-state index contributed by atoms with van der Waals surface area (Å²) in [6.45, 7) is 0.927. The van der Waals surface area contributed by atoms with E-state index in [2.05, 4.69) is 11.5 Å². The van der Waals surface area contributed by atoms with Gasteiger partial charge in [0.15, 0.2) is 0 Å². The van der Waals surface area contributed by atoms with Crippen molar-refractivity contribution in [2.75, 3.05) is 6.54 Å². The largest absolute Gasteiger partial charge is 0.380 e. The molecule has 1 rings (SSSR count). The van der Waals surface area contributed by atoms with E-state index in [1.165, 1.54) is 0 Å². The molecule has 0 atom stereocenters. The maximum Gasteiger partial charge on any atom is 0.0578 e. The van der Waals surface area contributed by atoms with Crippen LogP contribution in [0.4, 0.5) is 0 Å². The second kappa shape index (κ2) is 1.65. The fourth-order valence-corrected chi connectivity index (χ4v) is 0.361. The van der Waals surface area contributed by atoms with E-state index in [0.717, 1.165) is 6.54 Å². The van der Waals surface area contributed by atoms with Gasteiger partial charge in [-0.2, -0.15) is 0 Å². The maximum absolute atomic E-state index is 2.89. The average molecular weight is 80.1 g/mol. The van der Waals surface area contributed by atoms with E-state index >= 15 is 0 Å². The molecule has 0 aliphatic carbocycles. The molecule has 1 heterocycles. The molecule has 1 nitrogen and oxygen atoms in total. The van der Waals surface area contributed by atoms with Crippen molar-refractivity contribution in [2.24, 2.45) is 0 Å². The molecule has 0 aromatic rings. The lowest BCUT2D eigenvalue weighted by atomic mass is 10.4. The van der Waals surface area contributed by atoms with Crippen LogP contribution in [0.1, 0.15) is 0 Å². The number of rotatable bonds is 0. The van der Waals surface area contributed by atoms with Crippen LogP contribution in [0.15, 0.2) is 18.2 Å². The topological polar surface area (TPSA) is 12.0 Å². The maximum atomic E-state index is 2.89. The van der Waals surface area contributed by atoms with Gasteiger partial charge in [-0.25, -0.2) is 0 Å². The van der Waals surface area contributed by atoms with Crippen molar-refractivity contribution in [3.8, 4) is 0 Å². The molecule has 0 aromatic carbocycles. The smallest absolute Gasteiger partial charge is 0.0578 e. The number of dihydropyridines is 1. The quantitative estimate of drug-likeness (QED) is 0.446. The van der Waals surface area contributed by atoms with Crippen molar-refractivity contribution in [1.82, 2.24) is 5.32 Å². The summed E-state index contributed by atoms with van der Waals surface area (Å²) in [4.78, 5) is 0. The van der Waals surface area contributed by atoms with Gasteiger partial charge in [0.25, 0.3) is 0 Å². The molecule has 0 saturated carbocycles. The summed E-state index contributed by atoms with van der Waals surface area (Å²) in [6.07, 6.45) is 8.68. The second-order valence-electron chi connectivity index (χ2n) is 1.12. The lowest BCUT2D eigenvalue weighted by Crippen LogP contribution is -2.06. The zero-order valence-corrected chi connectivity index (χ0v) is 3.44. The first-order valence-corrected chi connectivity index (χ1v) is 1.97. The lowest BCUT2D eigenvalue weighted by Gasteiger charge is -1.93. The van der Waals surface area contributed by atoms with Crippen LogP contribution in [0.2, 0.25) is 0 Å². The molecule has 6 heavy (non-hydrogen) atoms. The van der Waals surface area contributed by atoms with Gasteiger partial charge in [-0.15, -0.1) is 0 Å². The third kappa shape index (κ3) is 0.612. The molecule has 0 fully saturated rings. The van der Waals surface area contributed by atoms with Crippen molar-refractivity contribution in [2.45, 2.75) is 0 Å². The molecule has 0 bridgehead atoms. The molecule has 0 spiro atoms. The zero-order chi connectivity index (χ0) is 4.24. The van der Waals surface area contributed by atoms with E-state index in [0.29, 0.717) is 0 Å². The molecule has 0 amide bonds. The molecular formula is C5H6N. The standard InChI is InChI=1S/C5H6N/c1-2-4-6-5-3-1/h1-3,6H,4H2. The highest BCUT2D eigenvalue weighted by Gasteiger charge is 1.74. The van der Waals surface area contributed by atoms with Crippen LogP contribution in [-0.4, -0.2) is 6.54 Å². The SMILES string of the molecule is [C]1=CC=CCN1. The van der Waals surface area contributed by atoms with E-state index in [-0.39, 0.29) is 0 Å². The molecular weight excluding hydrogens is 74.1 g/mol. The Labute approximate surface area is 37.4 Å². The zero-order valence-electron chi connectivity index (χ0n) is 3.44. The first kappa shape index (κ1) is 3.47. The molecule has 0 aromatic heterocycles. The second-order valence-corrected chi connectivity index (χ2v) is 1.12. The lowest BCUT2D eigenvalue weighted by molar-refractivity contribution is 0.942.